The van der Waals surface area contributed by atoms with E-state index in [-0.39, 0.29) is 0 Å². The third-order valence-electron chi connectivity index (χ3n) is 1.28. The number of nitrogens with zero attached hydrogens (tertiary/aromatic N) is 2. The zero-order valence-corrected chi connectivity index (χ0v) is 7.86. The van der Waals surface area contributed by atoms with Crippen LogP contribution in [-0.2, 0) is 0 Å². The molecule has 4 heteroatoms. The lowest BCUT2D eigenvalue weighted by Crippen LogP contribution is -2.09. The highest BCUT2D eigenvalue weighted by Crippen LogP contribution is 2.24. The molecule has 1 heterocycles. The molecule has 0 unspecified atom stereocenters. The van der Waals surface area contributed by atoms with Gasteiger partial charge in [-0.1, -0.05) is 0 Å². The second-order valence-electron chi connectivity index (χ2n) is 2.38. The number of H-pyrrole nitrogens is 1. The number of aromatic nitrogens is 2. The summed E-state index contributed by atoms with van der Waals surface area (Å²) in [7, 11) is 3.92. The number of hydrogen-bond acceptors (Lipinski definition) is 2. The zero-order valence-electron chi connectivity index (χ0n) is 6.27. The minimum absolute atomic E-state index is 0.942. The van der Waals surface area contributed by atoms with E-state index in [2.05, 4.69) is 26.1 Å². The number of anilines is 1. The molecular weight excluding hydrogens is 194 g/mol. The van der Waals surface area contributed by atoms with Crippen molar-refractivity contribution in [1.29, 1.82) is 0 Å². The summed E-state index contributed by atoms with van der Waals surface area (Å²) in [6, 6.07) is 0. The van der Waals surface area contributed by atoms with Gasteiger partial charge in [0.25, 0.3) is 0 Å². The summed E-state index contributed by atoms with van der Waals surface area (Å²) in [5.74, 6) is 0.942. The molecular formula is C6H10BrN3. The first kappa shape index (κ1) is 7.60. The molecule has 1 aromatic heterocycles. The van der Waals surface area contributed by atoms with E-state index in [9.17, 15) is 0 Å². The van der Waals surface area contributed by atoms with E-state index < -0.39 is 0 Å². The fraction of sp³-hybridized carbons (Fsp3) is 0.500. The van der Waals surface area contributed by atoms with Crippen molar-refractivity contribution in [3.8, 4) is 0 Å². The van der Waals surface area contributed by atoms with Crippen LogP contribution < -0.4 is 4.90 Å². The van der Waals surface area contributed by atoms with Gasteiger partial charge < -0.3 is 4.90 Å². The van der Waals surface area contributed by atoms with Gasteiger partial charge in [-0.3, -0.25) is 5.10 Å². The lowest BCUT2D eigenvalue weighted by Gasteiger charge is -2.07. The van der Waals surface area contributed by atoms with Gasteiger partial charge in [0, 0.05) is 19.8 Å². The molecule has 1 rings (SSSR count). The van der Waals surface area contributed by atoms with E-state index >= 15 is 0 Å². The van der Waals surface area contributed by atoms with Gasteiger partial charge in [-0.25, -0.2) is 0 Å². The van der Waals surface area contributed by atoms with Gasteiger partial charge in [0.05, 0.1) is 4.47 Å². The van der Waals surface area contributed by atoms with Crippen LogP contribution >= 0.6 is 15.9 Å². The topological polar surface area (TPSA) is 31.9 Å². The van der Waals surface area contributed by atoms with Crippen LogP contribution in [-0.4, -0.2) is 24.3 Å². The maximum Gasteiger partial charge on any atom is 0.164 e. The highest BCUT2D eigenvalue weighted by Gasteiger charge is 2.07. The first-order valence-corrected chi connectivity index (χ1v) is 3.80. The summed E-state index contributed by atoms with van der Waals surface area (Å²) in [5.41, 5.74) is 1.06. The van der Waals surface area contributed by atoms with Crippen LogP contribution in [0.1, 0.15) is 5.69 Å². The number of hydrogen-bond donors (Lipinski definition) is 1. The van der Waals surface area contributed by atoms with Crippen molar-refractivity contribution >= 4 is 21.7 Å². The van der Waals surface area contributed by atoms with Gasteiger partial charge in [0.15, 0.2) is 5.82 Å². The van der Waals surface area contributed by atoms with Crippen molar-refractivity contribution in [3.63, 3.8) is 0 Å². The first-order chi connectivity index (χ1) is 4.63. The summed E-state index contributed by atoms with van der Waals surface area (Å²) in [6.45, 7) is 1.98. The lowest BCUT2D eigenvalue weighted by molar-refractivity contribution is 0.996. The van der Waals surface area contributed by atoms with Crippen molar-refractivity contribution in [2.24, 2.45) is 0 Å². The molecule has 1 aromatic rings. The molecule has 0 radical (unpaired) electrons. The maximum atomic E-state index is 4.07. The largest absolute Gasteiger partial charge is 0.360 e. The van der Waals surface area contributed by atoms with Crippen molar-refractivity contribution < 1.29 is 0 Å². The SMILES string of the molecule is Cc1[nH]nc(N(C)C)c1Br. The molecule has 0 aliphatic heterocycles. The molecule has 0 saturated heterocycles. The molecule has 0 spiro atoms. The monoisotopic (exact) mass is 203 g/mol. The smallest absolute Gasteiger partial charge is 0.164 e. The van der Waals surface area contributed by atoms with Crippen LogP contribution in [0.25, 0.3) is 0 Å². The fourth-order valence-electron chi connectivity index (χ4n) is 0.699. The second kappa shape index (κ2) is 2.62. The predicted molar refractivity (Wildman–Crippen MR) is 45.4 cm³/mol. The van der Waals surface area contributed by atoms with E-state index in [1.807, 2.05) is 25.9 Å². The van der Waals surface area contributed by atoms with Gasteiger partial charge in [-0.15, -0.1) is 0 Å². The predicted octanol–water partition coefficient (Wildman–Crippen LogP) is 1.55. The highest BCUT2D eigenvalue weighted by molar-refractivity contribution is 9.10. The molecule has 3 nitrogen and oxygen atoms in total. The van der Waals surface area contributed by atoms with E-state index in [4.69, 9.17) is 0 Å². The Hall–Kier alpha value is -0.510. The van der Waals surface area contributed by atoms with E-state index in [0.717, 1.165) is 16.0 Å². The third kappa shape index (κ3) is 1.16. The first-order valence-electron chi connectivity index (χ1n) is 3.00. The molecule has 0 aliphatic carbocycles. The third-order valence-corrected chi connectivity index (χ3v) is 2.23. The zero-order chi connectivity index (χ0) is 7.72. The molecule has 0 amide bonds. The van der Waals surface area contributed by atoms with Gasteiger partial charge in [0.2, 0.25) is 0 Å². The summed E-state index contributed by atoms with van der Waals surface area (Å²) in [6.07, 6.45) is 0. The quantitative estimate of drug-likeness (QED) is 0.752. The minimum atomic E-state index is 0.942. The Labute approximate surface area is 68.6 Å². The normalized spacial score (nSPS) is 10.0. The Morgan fingerprint density at radius 3 is 2.30 bits per heavy atom. The van der Waals surface area contributed by atoms with Crippen molar-refractivity contribution in [2.75, 3.05) is 19.0 Å². The molecule has 1 N–H and O–H groups in total. The molecule has 10 heavy (non-hydrogen) atoms. The summed E-state index contributed by atoms with van der Waals surface area (Å²) < 4.78 is 1.04. The maximum absolute atomic E-state index is 4.07. The van der Waals surface area contributed by atoms with Crippen LogP contribution in [0, 0.1) is 6.92 Å². The Morgan fingerprint density at radius 1 is 1.50 bits per heavy atom. The summed E-state index contributed by atoms with van der Waals surface area (Å²) in [4.78, 5) is 1.95. The van der Waals surface area contributed by atoms with Gasteiger partial charge in [-0.2, -0.15) is 5.10 Å². The summed E-state index contributed by atoms with van der Waals surface area (Å²) in [5, 5.41) is 6.95. The molecule has 0 bridgehead atoms. The molecule has 0 atom stereocenters. The average Bonchev–Trinajstić information content (AvgIpc) is 2.14. The lowest BCUT2D eigenvalue weighted by atomic mass is 10.4. The van der Waals surface area contributed by atoms with Crippen LogP contribution in [0.4, 0.5) is 5.82 Å². The Kier molecular flexibility index (Phi) is 1.99. The molecule has 0 aromatic carbocycles. The Morgan fingerprint density at radius 2 is 2.10 bits per heavy atom. The van der Waals surface area contributed by atoms with Crippen LogP contribution in [0.15, 0.2) is 4.47 Å². The molecule has 0 fully saturated rings. The van der Waals surface area contributed by atoms with Gasteiger partial charge >= 0.3 is 0 Å². The highest BCUT2D eigenvalue weighted by atomic mass is 79.9. The number of halogens is 1. The average molecular weight is 204 g/mol. The molecule has 0 aliphatic rings. The number of aromatic amines is 1. The van der Waals surface area contributed by atoms with E-state index in [1.54, 1.807) is 0 Å². The van der Waals surface area contributed by atoms with E-state index in [0.29, 0.717) is 0 Å². The second-order valence-corrected chi connectivity index (χ2v) is 3.17. The van der Waals surface area contributed by atoms with Crippen molar-refractivity contribution in [2.45, 2.75) is 6.92 Å². The Balaban J connectivity index is 3.05. The number of rotatable bonds is 1. The number of nitrogens with one attached hydrogen (secondary N) is 1. The Bertz CT molecular complexity index is 229. The minimum Gasteiger partial charge on any atom is -0.360 e. The van der Waals surface area contributed by atoms with Gasteiger partial charge in [0.1, 0.15) is 0 Å². The van der Waals surface area contributed by atoms with E-state index in [1.165, 1.54) is 0 Å². The van der Waals surface area contributed by atoms with Crippen LogP contribution in [0.3, 0.4) is 0 Å². The van der Waals surface area contributed by atoms with Crippen LogP contribution in [0.2, 0.25) is 0 Å². The standard InChI is InChI=1S/C6H10BrN3/c1-4-5(7)6(9-8-4)10(2)3/h1-3H3,(H,8,9). The van der Waals surface area contributed by atoms with Crippen molar-refractivity contribution in [3.05, 3.63) is 10.2 Å². The summed E-state index contributed by atoms with van der Waals surface area (Å²) >= 11 is 3.42. The number of aryl methyl sites for hydroxylation is 1. The van der Waals surface area contributed by atoms with Gasteiger partial charge in [-0.05, 0) is 22.9 Å². The molecule has 0 saturated carbocycles. The van der Waals surface area contributed by atoms with Crippen LogP contribution in [0.5, 0.6) is 0 Å². The molecule has 56 valence electrons. The van der Waals surface area contributed by atoms with Crippen molar-refractivity contribution in [1.82, 2.24) is 10.2 Å². The fourth-order valence-corrected chi connectivity index (χ4v) is 1.23.